The van der Waals surface area contributed by atoms with Crippen molar-refractivity contribution < 1.29 is 4.79 Å². The maximum atomic E-state index is 12.1. The first kappa shape index (κ1) is 16.2. The fourth-order valence-electron chi connectivity index (χ4n) is 2.71. The first-order chi connectivity index (χ1) is 10.1. The summed E-state index contributed by atoms with van der Waals surface area (Å²) in [6.07, 6.45) is 1.92. The number of carbonyl (C=O) groups is 1. The van der Waals surface area contributed by atoms with Gasteiger partial charge in [0.25, 0.3) is 0 Å². The van der Waals surface area contributed by atoms with Crippen molar-refractivity contribution in [2.24, 2.45) is 5.92 Å². The Labute approximate surface area is 128 Å². The number of Topliss-reactive ketones (excluding diaryl/α,β-unsaturated/α-hetero) is 1. The third-order valence-electron chi connectivity index (χ3n) is 4.24. The summed E-state index contributed by atoms with van der Waals surface area (Å²) in [5.74, 6) is 1.05. The molecule has 0 atom stereocenters. The number of hydrogen-bond acceptors (Lipinski definition) is 3. The van der Waals surface area contributed by atoms with E-state index in [2.05, 4.69) is 23.6 Å². The molecular formula is C18H28N2O. The normalized spacial score (nSPS) is 17.3. The molecule has 0 unspecified atom stereocenters. The summed E-state index contributed by atoms with van der Waals surface area (Å²) < 4.78 is 0. The molecule has 0 N–H and O–H groups in total. The van der Waals surface area contributed by atoms with E-state index in [-0.39, 0.29) is 5.78 Å². The fraction of sp³-hybridized carbons (Fsp3) is 0.611. The highest BCUT2D eigenvalue weighted by Gasteiger charge is 2.17. The Morgan fingerprint density at radius 3 is 2.14 bits per heavy atom. The first-order valence-corrected chi connectivity index (χ1v) is 8.18. The summed E-state index contributed by atoms with van der Waals surface area (Å²) in [6, 6.07) is 9.63. The van der Waals surface area contributed by atoms with Crippen LogP contribution in [-0.2, 0) is 0 Å². The SMILES string of the molecule is CC(C)CCN1CCN(CCC(=O)c2ccccc2)CC1. The Morgan fingerprint density at radius 1 is 1.00 bits per heavy atom. The van der Waals surface area contributed by atoms with Crippen LogP contribution in [0.1, 0.15) is 37.0 Å². The molecule has 0 aliphatic carbocycles. The Bertz CT molecular complexity index is 422. The van der Waals surface area contributed by atoms with Crippen LogP contribution < -0.4 is 0 Å². The van der Waals surface area contributed by atoms with E-state index < -0.39 is 0 Å². The maximum absolute atomic E-state index is 12.1. The van der Waals surface area contributed by atoms with Crippen LogP contribution in [0.25, 0.3) is 0 Å². The van der Waals surface area contributed by atoms with Crippen LogP contribution >= 0.6 is 0 Å². The average Bonchev–Trinajstić information content (AvgIpc) is 2.52. The molecule has 2 rings (SSSR count). The molecule has 1 aliphatic rings. The van der Waals surface area contributed by atoms with Gasteiger partial charge < -0.3 is 9.80 Å². The number of benzene rings is 1. The number of rotatable bonds is 7. The van der Waals surface area contributed by atoms with Crippen molar-refractivity contribution in [3.63, 3.8) is 0 Å². The van der Waals surface area contributed by atoms with Crippen molar-refractivity contribution in [3.05, 3.63) is 35.9 Å². The standard InChI is InChI=1S/C18H28N2O/c1-16(2)8-10-19-12-14-20(15-13-19)11-9-18(21)17-6-4-3-5-7-17/h3-7,16H,8-15H2,1-2H3. The highest BCUT2D eigenvalue weighted by Crippen LogP contribution is 2.08. The van der Waals surface area contributed by atoms with Crippen LogP contribution in [0, 0.1) is 5.92 Å². The zero-order valence-electron chi connectivity index (χ0n) is 13.4. The molecule has 0 amide bonds. The largest absolute Gasteiger partial charge is 0.301 e. The molecule has 1 saturated heterocycles. The number of hydrogen-bond donors (Lipinski definition) is 0. The van der Waals surface area contributed by atoms with Crippen molar-refractivity contribution in [2.45, 2.75) is 26.7 Å². The molecule has 0 saturated carbocycles. The topological polar surface area (TPSA) is 23.6 Å². The molecule has 1 fully saturated rings. The number of nitrogens with zero attached hydrogens (tertiary/aromatic N) is 2. The fourth-order valence-corrected chi connectivity index (χ4v) is 2.71. The third kappa shape index (κ3) is 5.60. The Morgan fingerprint density at radius 2 is 1.57 bits per heavy atom. The van der Waals surface area contributed by atoms with Gasteiger partial charge in [-0.05, 0) is 18.9 Å². The minimum absolute atomic E-state index is 0.262. The number of carbonyl (C=O) groups excluding carboxylic acids is 1. The molecule has 116 valence electrons. The van der Waals surface area contributed by atoms with Crippen LogP contribution in [0.3, 0.4) is 0 Å². The minimum atomic E-state index is 0.262. The summed E-state index contributed by atoms with van der Waals surface area (Å²) in [5.41, 5.74) is 0.841. The van der Waals surface area contributed by atoms with Gasteiger partial charge >= 0.3 is 0 Å². The van der Waals surface area contributed by atoms with Gasteiger partial charge in [0.05, 0.1) is 0 Å². The third-order valence-corrected chi connectivity index (χ3v) is 4.24. The lowest BCUT2D eigenvalue weighted by Crippen LogP contribution is -2.47. The van der Waals surface area contributed by atoms with Gasteiger partial charge in [-0.1, -0.05) is 44.2 Å². The first-order valence-electron chi connectivity index (χ1n) is 8.18. The molecule has 1 aromatic carbocycles. The maximum Gasteiger partial charge on any atom is 0.164 e. The molecule has 0 spiro atoms. The lowest BCUT2D eigenvalue weighted by molar-refractivity contribution is 0.0924. The van der Waals surface area contributed by atoms with E-state index in [0.717, 1.165) is 44.2 Å². The van der Waals surface area contributed by atoms with Gasteiger partial charge in [0, 0.05) is 44.7 Å². The van der Waals surface area contributed by atoms with Gasteiger partial charge in [-0.25, -0.2) is 0 Å². The van der Waals surface area contributed by atoms with E-state index in [1.165, 1.54) is 13.0 Å². The highest BCUT2D eigenvalue weighted by atomic mass is 16.1. The molecule has 0 bridgehead atoms. The zero-order chi connectivity index (χ0) is 15.1. The predicted octanol–water partition coefficient (Wildman–Crippen LogP) is 2.92. The van der Waals surface area contributed by atoms with Gasteiger partial charge in [0.2, 0.25) is 0 Å². The lowest BCUT2D eigenvalue weighted by atomic mass is 10.1. The van der Waals surface area contributed by atoms with Crippen LogP contribution in [-0.4, -0.2) is 54.9 Å². The van der Waals surface area contributed by atoms with E-state index in [4.69, 9.17) is 0 Å². The number of ketones is 1. The van der Waals surface area contributed by atoms with Crippen LogP contribution in [0.5, 0.6) is 0 Å². The predicted molar refractivity (Wildman–Crippen MR) is 87.7 cm³/mol. The van der Waals surface area contributed by atoms with E-state index in [1.807, 2.05) is 30.3 Å². The monoisotopic (exact) mass is 288 g/mol. The molecule has 3 nitrogen and oxygen atoms in total. The molecule has 1 heterocycles. The van der Waals surface area contributed by atoms with Crippen LogP contribution in [0.15, 0.2) is 30.3 Å². The zero-order valence-corrected chi connectivity index (χ0v) is 13.4. The molecule has 1 aromatic rings. The Balaban J connectivity index is 1.66. The second kappa shape index (κ2) is 8.30. The lowest BCUT2D eigenvalue weighted by Gasteiger charge is -2.34. The second-order valence-electron chi connectivity index (χ2n) is 6.41. The summed E-state index contributed by atoms with van der Waals surface area (Å²) in [5, 5.41) is 0. The van der Waals surface area contributed by atoms with E-state index in [1.54, 1.807) is 0 Å². The van der Waals surface area contributed by atoms with Crippen molar-refractivity contribution in [1.82, 2.24) is 9.80 Å². The smallest absolute Gasteiger partial charge is 0.164 e. The Hall–Kier alpha value is -1.19. The Kier molecular flexibility index (Phi) is 6.40. The van der Waals surface area contributed by atoms with Crippen LogP contribution in [0.2, 0.25) is 0 Å². The average molecular weight is 288 g/mol. The van der Waals surface area contributed by atoms with Crippen molar-refractivity contribution >= 4 is 5.78 Å². The quantitative estimate of drug-likeness (QED) is 0.721. The molecule has 0 aromatic heterocycles. The van der Waals surface area contributed by atoms with Crippen molar-refractivity contribution in [3.8, 4) is 0 Å². The summed E-state index contributed by atoms with van der Waals surface area (Å²) in [4.78, 5) is 17.1. The van der Waals surface area contributed by atoms with Gasteiger partial charge in [-0.3, -0.25) is 4.79 Å². The minimum Gasteiger partial charge on any atom is -0.301 e. The van der Waals surface area contributed by atoms with Crippen molar-refractivity contribution in [1.29, 1.82) is 0 Å². The molecule has 1 aliphatic heterocycles. The molecule has 21 heavy (non-hydrogen) atoms. The summed E-state index contributed by atoms with van der Waals surface area (Å²) >= 11 is 0. The summed E-state index contributed by atoms with van der Waals surface area (Å²) in [6.45, 7) is 11.2. The number of piperazine rings is 1. The molecule has 0 radical (unpaired) electrons. The van der Waals surface area contributed by atoms with E-state index in [9.17, 15) is 4.79 Å². The van der Waals surface area contributed by atoms with E-state index in [0.29, 0.717) is 6.42 Å². The van der Waals surface area contributed by atoms with Gasteiger partial charge in [0.1, 0.15) is 0 Å². The van der Waals surface area contributed by atoms with Gasteiger partial charge in [-0.2, -0.15) is 0 Å². The highest BCUT2D eigenvalue weighted by molar-refractivity contribution is 5.96. The van der Waals surface area contributed by atoms with Gasteiger partial charge in [0.15, 0.2) is 5.78 Å². The molecule has 3 heteroatoms. The van der Waals surface area contributed by atoms with Crippen LogP contribution in [0.4, 0.5) is 0 Å². The van der Waals surface area contributed by atoms with Crippen molar-refractivity contribution in [2.75, 3.05) is 39.3 Å². The van der Waals surface area contributed by atoms with E-state index >= 15 is 0 Å². The summed E-state index contributed by atoms with van der Waals surface area (Å²) in [7, 11) is 0. The molecular weight excluding hydrogens is 260 g/mol. The second-order valence-corrected chi connectivity index (χ2v) is 6.41. The van der Waals surface area contributed by atoms with Gasteiger partial charge in [-0.15, -0.1) is 0 Å².